The van der Waals surface area contributed by atoms with Crippen LogP contribution in [0.2, 0.25) is 0 Å². The van der Waals surface area contributed by atoms with Gasteiger partial charge in [-0.3, -0.25) is 4.90 Å². The molecule has 0 amide bonds. The molecule has 160 valence electrons. The normalized spacial score (nSPS) is 18.3. The Hall–Kier alpha value is -1.90. The van der Waals surface area contributed by atoms with Crippen LogP contribution in [-0.4, -0.2) is 93.6 Å². The maximum absolute atomic E-state index is 11.4. The maximum atomic E-state index is 11.4. The first kappa shape index (κ1) is 24.1. The van der Waals surface area contributed by atoms with Crippen LogP contribution in [-0.2, 0) is 28.5 Å². The van der Waals surface area contributed by atoms with Crippen molar-refractivity contribution in [1.82, 2.24) is 9.80 Å². The SMILES string of the molecule is C=C(C(=O)OCCC)N1CCOCC1.C=CC(=O)OCC(C)N1CCOCC1. The van der Waals surface area contributed by atoms with Gasteiger partial charge in [-0.1, -0.05) is 20.1 Å². The van der Waals surface area contributed by atoms with E-state index >= 15 is 0 Å². The Balaban J connectivity index is 0.000000280. The van der Waals surface area contributed by atoms with Crippen LogP contribution < -0.4 is 0 Å². The van der Waals surface area contributed by atoms with Crippen molar-refractivity contribution < 1.29 is 28.5 Å². The second-order valence-electron chi connectivity index (χ2n) is 6.51. The van der Waals surface area contributed by atoms with Crippen molar-refractivity contribution in [2.75, 3.05) is 65.8 Å². The van der Waals surface area contributed by atoms with Crippen LogP contribution in [0, 0.1) is 0 Å². The second kappa shape index (κ2) is 14.1. The molecule has 0 aromatic carbocycles. The third kappa shape index (κ3) is 9.34. The zero-order valence-corrected chi connectivity index (χ0v) is 17.2. The largest absolute Gasteiger partial charge is 0.461 e. The third-order valence-corrected chi connectivity index (χ3v) is 4.37. The first-order valence-electron chi connectivity index (χ1n) is 9.79. The minimum absolute atomic E-state index is 0.253. The van der Waals surface area contributed by atoms with E-state index in [-0.39, 0.29) is 18.0 Å². The quantitative estimate of drug-likeness (QED) is 0.446. The smallest absolute Gasteiger partial charge is 0.353 e. The van der Waals surface area contributed by atoms with E-state index in [9.17, 15) is 9.59 Å². The van der Waals surface area contributed by atoms with Crippen LogP contribution in [0.25, 0.3) is 0 Å². The molecular weight excluding hydrogens is 364 g/mol. The maximum Gasteiger partial charge on any atom is 0.353 e. The van der Waals surface area contributed by atoms with E-state index in [0.717, 1.165) is 45.8 Å². The third-order valence-electron chi connectivity index (χ3n) is 4.37. The number of carbonyl (C=O) groups is 2. The Morgan fingerprint density at radius 3 is 2.18 bits per heavy atom. The molecule has 8 nitrogen and oxygen atoms in total. The predicted octanol–water partition coefficient (Wildman–Crippen LogP) is 1.22. The Morgan fingerprint density at radius 2 is 1.64 bits per heavy atom. The summed E-state index contributed by atoms with van der Waals surface area (Å²) in [4.78, 5) is 26.4. The summed E-state index contributed by atoms with van der Waals surface area (Å²) in [6.45, 7) is 18.1. The number of esters is 2. The Bertz CT molecular complexity index is 499. The summed E-state index contributed by atoms with van der Waals surface area (Å²) in [7, 11) is 0. The highest BCUT2D eigenvalue weighted by atomic mass is 16.5. The minimum atomic E-state index is -0.356. The van der Waals surface area contributed by atoms with Crippen LogP contribution in [0.1, 0.15) is 20.3 Å². The minimum Gasteiger partial charge on any atom is -0.461 e. The summed E-state index contributed by atoms with van der Waals surface area (Å²) in [5.74, 6) is -0.668. The van der Waals surface area contributed by atoms with Gasteiger partial charge in [0.15, 0.2) is 0 Å². The highest BCUT2D eigenvalue weighted by Crippen LogP contribution is 2.07. The Labute approximate surface area is 168 Å². The lowest BCUT2D eigenvalue weighted by atomic mass is 10.3. The fourth-order valence-corrected chi connectivity index (χ4v) is 2.63. The average molecular weight is 399 g/mol. The van der Waals surface area contributed by atoms with E-state index in [1.165, 1.54) is 6.08 Å². The van der Waals surface area contributed by atoms with Crippen molar-refractivity contribution in [3.8, 4) is 0 Å². The van der Waals surface area contributed by atoms with Gasteiger partial charge in [0, 0.05) is 38.3 Å². The first-order chi connectivity index (χ1) is 13.5. The summed E-state index contributed by atoms with van der Waals surface area (Å²) in [5.41, 5.74) is 0.446. The molecule has 2 heterocycles. The van der Waals surface area contributed by atoms with Crippen molar-refractivity contribution in [2.24, 2.45) is 0 Å². The van der Waals surface area contributed by atoms with Gasteiger partial charge in [-0.2, -0.15) is 0 Å². The van der Waals surface area contributed by atoms with Gasteiger partial charge < -0.3 is 23.8 Å². The number of hydrogen-bond donors (Lipinski definition) is 0. The molecule has 0 bridgehead atoms. The molecular formula is C20H34N2O6. The molecule has 2 rings (SSSR count). The van der Waals surface area contributed by atoms with Gasteiger partial charge in [-0.15, -0.1) is 0 Å². The van der Waals surface area contributed by atoms with E-state index < -0.39 is 0 Å². The van der Waals surface area contributed by atoms with Gasteiger partial charge in [-0.25, -0.2) is 9.59 Å². The van der Waals surface area contributed by atoms with E-state index in [1.54, 1.807) is 0 Å². The number of nitrogens with zero attached hydrogens (tertiary/aromatic N) is 2. The highest BCUT2D eigenvalue weighted by molar-refractivity contribution is 5.87. The van der Waals surface area contributed by atoms with Crippen molar-refractivity contribution >= 4 is 11.9 Å². The molecule has 1 unspecified atom stereocenters. The summed E-state index contributed by atoms with van der Waals surface area (Å²) >= 11 is 0. The molecule has 0 spiro atoms. The monoisotopic (exact) mass is 398 g/mol. The van der Waals surface area contributed by atoms with Crippen LogP contribution in [0.3, 0.4) is 0 Å². The summed E-state index contributed by atoms with van der Waals surface area (Å²) in [5, 5.41) is 0. The number of morpholine rings is 2. The van der Waals surface area contributed by atoms with Crippen molar-refractivity contribution in [3.05, 3.63) is 24.9 Å². The van der Waals surface area contributed by atoms with Crippen LogP contribution in [0.15, 0.2) is 24.9 Å². The zero-order chi connectivity index (χ0) is 20.8. The summed E-state index contributed by atoms with van der Waals surface area (Å²) in [6, 6.07) is 0.253. The van der Waals surface area contributed by atoms with E-state index in [2.05, 4.69) is 18.1 Å². The van der Waals surface area contributed by atoms with Gasteiger partial charge in [0.1, 0.15) is 12.3 Å². The highest BCUT2D eigenvalue weighted by Gasteiger charge is 2.19. The molecule has 2 aliphatic rings. The molecule has 0 aromatic heterocycles. The standard InChI is InChI=1S/2C10H17NO3/c1-3-10(12)14-8-9(2)11-4-6-13-7-5-11;1-3-6-14-10(12)9(2)11-4-7-13-8-5-11/h3,9H,1,4-8H2,2H3;2-8H2,1H3. The van der Waals surface area contributed by atoms with Gasteiger partial charge >= 0.3 is 11.9 Å². The molecule has 0 saturated carbocycles. The predicted molar refractivity (Wildman–Crippen MR) is 106 cm³/mol. The summed E-state index contributed by atoms with van der Waals surface area (Å²) < 4.78 is 20.4. The number of rotatable bonds is 8. The van der Waals surface area contributed by atoms with E-state index in [0.29, 0.717) is 32.1 Å². The van der Waals surface area contributed by atoms with Crippen molar-refractivity contribution in [1.29, 1.82) is 0 Å². The molecule has 1 atom stereocenters. The lowest BCUT2D eigenvalue weighted by Crippen LogP contribution is -2.44. The molecule has 0 N–H and O–H groups in total. The first-order valence-corrected chi connectivity index (χ1v) is 9.79. The van der Waals surface area contributed by atoms with Gasteiger partial charge in [0.05, 0.1) is 33.0 Å². The van der Waals surface area contributed by atoms with E-state index in [4.69, 9.17) is 18.9 Å². The second-order valence-corrected chi connectivity index (χ2v) is 6.51. The number of hydrogen-bond acceptors (Lipinski definition) is 8. The van der Waals surface area contributed by atoms with Crippen LogP contribution >= 0.6 is 0 Å². The molecule has 0 radical (unpaired) electrons. The Morgan fingerprint density at radius 1 is 1.07 bits per heavy atom. The van der Waals surface area contributed by atoms with Gasteiger partial charge in [-0.05, 0) is 13.3 Å². The molecule has 0 aromatic rings. The van der Waals surface area contributed by atoms with Gasteiger partial charge in [0.2, 0.25) is 0 Å². The fourth-order valence-electron chi connectivity index (χ4n) is 2.63. The van der Waals surface area contributed by atoms with E-state index in [1.807, 2.05) is 18.7 Å². The lowest BCUT2D eigenvalue weighted by Gasteiger charge is -2.31. The number of ether oxygens (including phenoxy) is 4. The molecule has 2 fully saturated rings. The van der Waals surface area contributed by atoms with Gasteiger partial charge in [0.25, 0.3) is 0 Å². The Kier molecular flexibility index (Phi) is 12.2. The van der Waals surface area contributed by atoms with Crippen LogP contribution in [0.5, 0.6) is 0 Å². The van der Waals surface area contributed by atoms with Crippen molar-refractivity contribution in [3.63, 3.8) is 0 Å². The molecule has 0 aliphatic carbocycles. The average Bonchev–Trinajstić information content (AvgIpc) is 2.76. The fraction of sp³-hybridized carbons (Fsp3) is 0.700. The van der Waals surface area contributed by atoms with Crippen molar-refractivity contribution in [2.45, 2.75) is 26.3 Å². The van der Waals surface area contributed by atoms with Crippen LogP contribution in [0.4, 0.5) is 0 Å². The molecule has 28 heavy (non-hydrogen) atoms. The topological polar surface area (TPSA) is 77.5 Å². The molecule has 2 saturated heterocycles. The summed E-state index contributed by atoms with van der Waals surface area (Å²) in [6.07, 6.45) is 2.02. The molecule has 2 aliphatic heterocycles. The molecule has 8 heteroatoms. The number of carbonyl (C=O) groups excluding carboxylic acids is 2. The zero-order valence-electron chi connectivity index (χ0n) is 17.2. The lowest BCUT2D eigenvalue weighted by molar-refractivity contribution is -0.141.